The van der Waals surface area contributed by atoms with Crippen LogP contribution in [0.5, 0.6) is 0 Å². The molecule has 0 aromatic carbocycles. The van der Waals surface area contributed by atoms with Gasteiger partial charge in [0.05, 0.1) is 24.0 Å². The second-order valence-electron chi connectivity index (χ2n) is 14.0. The van der Waals surface area contributed by atoms with E-state index < -0.39 is 37.3 Å². The second-order valence-corrected chi connectivity index (χ2v) is 17.2. The maximum absolute atomic E-state index is 11.4. The van der Waals surface area contributed by atoms with Gasteiger partial charge in [0.1, 0.15) is 5.60 Å². The van der Waals surface area contributed by atoms with Gasteiger partial charge in [-0.25, -0.2) is 0 Å². The fourth-order valence-electron chi connectivity index (χ4n) is 6.81. The lowest BCUT2D eigenvalue weighted by molar-refractivity contribution is -0.153. The zero-order chi connectivity index (χ0) is 33.0. The van der Waals surface area contributed by atoms with E-state index >= 15 is 0 Å². The van der Waals surface area contributed by atoms with Crippen molar-refractivity contribution in [3.05, 3.63) is 0 Å². The molecule has 2 saturated heterocycles. The molecule has 0 aromatic heterocycles. The molecule has 0 aromatic rings. The SMILES string of the molecule is CCCN1CCCN(CCC(=O)O)CCN(CCC[Si]2(C)OC(C)(CC)C(C)(C(C)(C)O)O2)CCCN(CCC(=O)O)CC1. The lowest BCUT2D eigenvalue weighted by Crippen LogP contribution is -2.60. The zero-order valence-corrected chi connectivity index (χ0v) is 29.9. The molecule has 0 amide bonds. The topological polar surface area (TPSA) is 126 Å². The number of aliphatic carboxylic acids is 2. The molecule has 0 spiro atoms. The molecule has 3 unspecified atom stereocenters. The number of carboxylic acid groups (broad SMARTS) is 2. The molecule has 0 aliphatic carbocycles. The first-order valence-electron chi connectivity index (χ1n) is 17.0. The summed E-state index contributed by atoms with van der Waals surface area (Å²) in [6, 6.07) is 0.825. The van der Waals surface area contributed by atoms with E-state index in [1.54, 1.807) is 0 Å². The summed E-state index contributed by atoms with van der Waals surface area (Å²) in [5.74, 6) is -1.52. The molecule has 258 valence electrons. The molecular weight excluding hydrogens is 580 g/mol. The first kappa shape index (κ1) is 39.1. The van der Waals surface area contributed by atoms with Gasteiger partial charge in [0, 0.05) is 39.3 Å². The van der Waals surface area contributed by atoms with Crippen molar-refractivity contribution in [1.82, 2.24) is 19.6 Å². The fraction of sp³-hybridized carbons (Fsp3) is 0.938. The number of aliphatic hydroxyl groups is 1. The Bertz CT molecular complexity index is 893. The molecule has 3 N–H and O–H groups in total. The van der Waals surface area contributed by atoms with Crippen LogP contribution in [0.15, 0.2) is 0 Å². The predicted molar refractivity (Wildman–Crippen MR) is 176 cm³/mol. The van der Waals surface area contributed by atoms with Gasteiger partial charge in [-0.2, -0.15) is 0 Å². The van der Waals surface area contributed by atoms with Gasteiger partial charge >= 0.3 is 20.5 Å². The summed E-state index contributed by atoms with van der Waals surface area (Å²) in [6.45, 7) is 24.1. The van der Waals surface area contributed by atoms with Crippen molar-refractivity contribution >= 4 is 20.5 Å². The lowest BCUT2D eigenvalue weighted by Gasteiger charge is -2.46. The third-order valence-electron chi connectivity index (χ3n) is 10.0. The molecule has 3 atom stereocenters. The van der Waals surface area contributed by atoms with E-state index in [1.165, 1.54) is 0 Å². The van der Waals surface area contributed by atoms with Crippen LogP contribution < -0.4 is 0 Å². The second kappa shape index (κ2) is 17.7. The van der Waals surface area contributed by atoms with Gasteiger partial charge < -0.3 is 43.8 Å². The molecular formula is C32H64N4O7Si. The summed E-state index contributed by atoms with van der Waals surface area (Å²) >= 11 is 0. The van der Waals surface area contributed by atoms with Crippen molar-refractivity contribution in [1.29, 1.82) is 0 Å². The smallest absolute Gasteiger partial charge is 0.336 e. The molecule has 2 aliphatic rings. The number of carbonyl (C=O) groups is 2. The minimum atomic E-state index is -2.56. The Kier molecular flexibility index (Phi) is 15.7. The predicted octanol–water partition coefficient (Wildman–Crippen LogP) is 3.55. The maximum Gasteiger partial charge on any atom is 0.336 e. The number of hydrogen-bond acceptors (Lipinski definition) is 9. The maximum atomic E-state index is 11.4. The van der Waals surface area contributed by atoms with Crippen molar-refractivity contribution in [3.63, 3.8) is 0 Å². The molecule has 12 heteroatoms. The van der Waals surface area contributed by atoms with Crippen LogP contribution in [0.25, 0.3) is 0 Å². The van der Waals surface area contributed by atoms with Crippen LogP contribution in [-0.4, -0.2) is 151 Å². The fourth-order valence-corrected chi connectivity index (χ4v) is 10.5. The van der Waals surface area contributed by atoms with E-state index in [2.05, 4.69) is 46.9 Å². The highest BCUT2D eigenvalue weighted by atomic mass is 28.4. The van der Waals surface area contributed by atoms with Gasteiger partial charge in [0.15, 0.2) is 0 Å². The largest absolute Gasteiger partial charge is 0.481 e. The Morgan fingerprint density at radius 3 is 1.55 bits per heavy atom. The summed E-state index contributed by atoms with van der Waals surface area (Å²) in [6.07, 6.45) is 4.95. The average Bonchev–Trinajstić information content (AvgIpc) is 3.15. The van der Waals surface area contributed by atoms with Gasteiger partial charge in [-0.1, -0.05) is 13.8 Å². The van der Waals surface area contributed by atoms with E-state index in [0.717, 1.165) is 104 Å². The Hall–Kier alpha value is -1.12. The van der Waals surface area contributed by atoms with Crippen LogP contribution >= 0.6 is 0 Å². The van der Waals surface area contributed by atoms with Crippen LogP contribution in [0.1, 0.15) is 86.5 Å². The number of nitrogens with zero attached hydrogens (tertiary/aromatic N) is 4. The zero-order valence-electron chi connectivity index (χ0n) is 28.9. The normalized spacial score (nSPS) is 29.9. The van der Waals surface area contributed by atoms with Crippen LogP contribution in [0.2, 0.25) is 12.6 Å². The van der Waals surface area contributed by atoms with Crippen molar-refractivity contribution in [2.75, 3.05) is 78.5 Å². The van der Waals surface area contributed by atoms with E-state index in [-0.39, 0.29) is 12.8 Å². The molecule has 11 nitrogen and oxygen atoms in total. The van der Waals surface area contributed by atoms with Gasteiger partial charge in [-0.3, -0.25) is 9.59 Å². The third kappa shape index (κ3) is 11.9. The van der Waals surface area contributed by atoms with Gasteiger partial charge in [0.2, 0.25) is 0 Å². The molecule has 0 bridgehead atoms. The number of hydrogen-bond donors (Lipinski definition) is 3. The van der Waals surface area contributed by atoms with Crippen LogP contribution in [0, 0.1) is 0 Å². The molecule has 2 rings (SSSR count). The van der Waals surface area contributed by atoms with Gasteiger partial charge in [-0.05, 0) is 112 Å². The van der Waals surface area contributed by atoms with Gasteiger partial charge in [-0.15, -0.1) is 0 Å². The highest BCUT2D eigenvalue weighted by Crippen LogP contribution is 2.50. The van der Waals surface area contributed by atoms with Crippen molar-refractivity contribution < 1.29 is 33.8 Å². The molecule has 0 saturated carbocycles. The summed E-state index contributed by atoms with van der Waals surface area (Å²) < 4.78 is 13.4. The van der Waals surface area contributed by atoms with E-state index in [9.17, 15) is 24.9 Å². The van der Waals surface area contributed by atoms with Crippen LogP contribution in [-0.2, 0) is 18.4 Å². The quantitative estimate of drug-likeness (QED) is 0.240. The first-order valence-corrected chi connectivity index (χ1v) is 19.5. The van der Waals surface area contributed by atoms with Crippen molar-refractivity contribution in [2.24, 2.45) is 0 Å². The molecule has 2 heterocycles. The van der Waals surface area contributed by atoms with Crippen LogP contribution in [0.3, 0.4) is 0 Å². The highest BCUT2D eigenvalue weighted by Gasteiger charge is 2.65. The number of rotatable bonds is 14. The Morgan fingerprint density at radius 1 is 0.750 bits per heavy atom. The third-order valence-corrected chi connectivity index (χ3v) is 13.0. The van der Waals surface area contributed by atoms with E-state index in [0.29, 0.717) is 13.1 Å². The minimum Gasteiger partial charge on any atom is -0.481 e. The summed E-state index contributed by atoms with van der Waals surface area (Å²) in [7, 11) is -2.56. The monoisotopic (exact) mass is 644 g/mol. The van der Waals surface area contributed by atoms with E-state index in [4.69, 9.17) is 8.85 Å². The molecule has 0 radical (unpaired) electrons. The van der Waals surface area contributed by atoms with Gasteiger partial charge in [0.25, 0.3) is 0 Å². The highest BCUT2D eigenvalue weighted by molar-refractivity contribution is 6.66. The Balaban J connectivity index is 2.12. The first-order chi connectivity index (χ1) is 20.6. The lowest BCUT2D eigenvalue weighted by atomic mass is 9.73. The van der Waals surface area contributed by atoms with Crippen molar-refractivity contribution in [3.8, 4) is 0 Å². The minimum absolute atomic E-state index is 0.145. The van der Waals surface area contributed by atoms with Crippen molar-refractivity contribution in [2.45, 2.75) is 116 Å². The Morgan fingerprint density at radius 2 is 1.18 bits per heavy atom. The summed E-state index contributed by atoms with van der Waals surface area (Å²) in [4.78, 5) is 32.3. The standard InChI is InChI=1S/C32H64N4O7Si/c1-8-15-33-16-10-18-36(22-14-29(39)40)26-24-34(17-11-19-35(25-23-33)21-13-28(37)38)20-12-27-44(7)42-31(5,9-2)32(6,43-44)30(3,4)41/h41H,8-27H2,1-7H3,(H,37,38)(H,39,40). The molecule has 2 aliphatic heterocycles. The van der Waals surface area contributed by atoms with Crippen LogP contribution in [0.4, 0.5) is 0 Å². The summed E-state index contributed by atoms with van der Waals surface area (Å²) in [5, 5.41) is 29.7. The van der Waals surface area contributed by atoms with E-state index in [1.807, 2.05) is 20.8 Å². The Labute approximate surface area is 268 Å². The molecule has 2 fully saturated rings. The number of carboxylic acids is 2. The molecule has 44 heavy (non-hydrogen) atoms. The summed E-state index contributed by atoms with van der Waals surface area (Å²) in [5.41, 5.74) is -2.40. The average molecular weight is 645 g/mol.